The second-order valence-corrected chi connectivity index (χ2v) is 12.5. The van der Waals surface area contributed by atoms with Crippen LogP contribution < -0.4 is 4.74 Å². The Kier molecular flexibility index (Phi) is 7.90. The van der Waals surface area contributed by atoms with Crippen LogP contribution >= 0.6 is 11.3 Å². The number of hydrogen-bond donors (Lipinski definition) is 1. The van der Waals surface area contributed by atoms with Crippen LogP contribution in [0.25, 0.3) is 11.3 Å². The molecule has 3 aromatic carbocycles. The Hall–Kier alpha value is -3.49. The van der Waals surface area contributed by atoms with Crippen LogP contribution in [-0.2, 0) is 22.2 Å². The van der Waals surface area contributed by atoms with Gasteiger partial charge in [-0.3, -0.25) is 0 Å². The maximum atomic E-state index is 12.8. The first-order valence-corrected chi connectivity index (χ1v) is 15.2. The van der Waals surface area contributed by atoms with Gasteiger partial charge in [0.2, 0.25) is 0 Å². The Bertz CT molecular complexity index is 1490. The zero-order chi connectivity index (χ0) is 26.5. The Morgan fingerprint density at radius 1 is 0.921 bits per heavy atom. The third kappa shape index (κ3) is 6.31. The summed E-state index contributed by atoms with van der Waals surface area (Å²) in [6.07, 6.45) is 6.61. The molecule has 0 radical (unpaired) electrons. The number of aromatic carboxylic acids is 1. The summed E-state index contributed by atoms with van der Waals surface area (Å²) in [6.45, 7) is 0.496. The van der Waals surface area contributed by atoms with Crippen molar-refractivity contribution in [2.45, 2.75) is 55.3 Å². The molecule has 1 heterocycles. The van der Waals surface area contributed by atoms with E-state index in [9.17, 15) is 13.2 Å². The van der Waals surface area contributed by atoms with Gasteiger partial charge in [0.15, 0.2) is 9.84 Å². The lowest BCUT2D eigenvalue weighted by molar-refractivity contribution is 0.0696. The molecule has 1 fully saturated rings. The molecule has 0 amide bonds. The van der Waals surface area contributed by atoms with Crippen LogP contribution in [0.5, 0.6) is 5.75 Å². The number of sulfone groups is 1. The van der Waals surface area contributed by atoms with E-state index in [0.717, 1.165) is 16.9 Å². The van der Waals surface area contributed by atoms with Gasteiger partial charge in [-0.05, 0) is 78.4 Å². The SMILES string of the molecule is O=C(O)c1ccc(S(=O)(=O)Cc2nc(-c3ccc(OCc4ccc(C5CCCCC5)cc4)cc3)cs2)cc1. The summed E-state index contributed by atoms with van der Waals surface area (Å²) in [5.74, 6) is 0.111. The van der Waals surface area contributed by atoms with Crippen LogP contribution in [0.1, 0.15) is 64.5 Å². The molecule has 0 saturated heterocycles. The van der Waals surface area contributed by atoms with Crippen molar-refractivity contribution in [2.24, 2.45) is 0 Å². The van der Waals surface area contributed by atoms with Crippen molar-refractivity contribution in [3.05, 3.63) is 99.9 Å². The average Bonchev–Trinajstić information content (AvgIpc) is 3.41. The molecule has 5 rings (SSSR count). The summed E-state index contributed by atoms with van der Waals surface area (Å²) in [4.78, 5) is 15.6. The minimum absolute atomic E-state index is 0.0421. The van der Waals surface area contributed by atoms with E-state index < -0.39 is 15.8 Å². The molecule has 38 heavy (non-hydrogen) atoms. The van der Waals surface area contributed by atoms with Gasteiger partial charge in [0.1, 0.15) is 23.1 Å². The van der Waals surface area contributed by atoms with E-state index in [2.05, 4.69) is 29.2 Å². The Balaban J connectivity index is 1.17. The molecule has 196 valence electrons. The standard InChI is InChI=1S/C30H29NO5S2/c32-30(33)25-12-16-27(17-13-25)38(34,35)20-29-31-28(19-37-29)24-10-14-26(15-11-24)36-18-21-6-8-23(9-7-21)22-4-2-1-3-5-22/h6-17,19,22H,1-5,18,20H2,(H,32,33). The Morgan fingerprint density at radius 3 is 2.26 bits per heavy atom. The lowest BCUT2D eigenvalue weighted by Crippen LogP contribution is -2.05. The molecule has 1 aromatic heterocycles. The number of carbonyl (C=O) groups is 1. The van der Waals surface area contributed by atoms with Gasteiger partial charge < -0.3 is 9.84 Å². The zero-order valence-electron chi connectivity index (χ0n) is 20.9. The first kappa shape index (κ1) is 26.1. The van der Waals surface area contributed by atoms with E-state index in [1.165, 1.54) is 73.3 Å². The van der Waals surface area contributed by atoms with E-state index in [1.54, 1.807) is 0 Å². The average molecular weight is 548 g/mol. The smallest absolute Gasteiger partial charge is 0.335 e. The van der Waals surface area contributed by atoms with Crippen molar-refractivity contribution in [2.75, 3.05) is 0 Å². The molecule has 6 nitrogen and oxygen atoms in total. The predicted octanol–water partition coefficient (Wildman–Crippen LogP) is 7.11. The topological polar surface area (TPSA) is 93.6 Å². The Morgan fingerprint density at radius 2 is 1.61 bits per heavy atom. The molecule has 1 aliphatic carbocycles. The van der Waals surface area contributed by atoms with Crippen LogP contribution in [-0.4, -0.2) is 24.5 Å². The number of nitrogens with zero attached hydrogens (tertiary/aromatic N) is 1. The van der Waals surface area contributed by atoms with Crippen molar-refractivity contribution in [1.29, 1.82) is 0 Å². The van der Waals surface area contributed by atoms with Crippen LogP contribution in [0.4, 0.5) is 0 Å². The highest BCUT2D eigenvalue weighted by Gasteiger charge is 2.19. The number of rotatable bonds is 9. The number of carboxylic acid groups (broad SMARTS) is 1. The lowest BCUT2D eigenvalue weighted by atomic mass is 9.84. The summed E-state index contributed by atoms with van der Waals surface area (Å²) in [6, 6.07) is 21.6. The van der Waals surface area contributed by atoms with Crippen LogP contribution in [0, 0.1) is 0 Å². The number of aromatic nitrogens is 1. The molecule has 0 aliphatic heterocycles. The van der Waals surface area contributed by atoms with Crippen molar-refractivity contribution in [3.8, 4) is 17.0 Å². The van der Waals surface area contributed by atoms with Gasteiger partial charge in [0, 0.05) is 10.9 Å². The van der Waals surface area contributed by atoms with E-state index in [-0.39, 0.29) is 16.2 Å². The minimum Gasteiger partial charge on any atom is -0.489 e. The molecule has 0 spiro atoms. The fourth-order valence-electron chi connectivity index (χ4n) is 4.77. The van der Waals surface area contributed by atoms with Crippen molar-refractivity contribution >= 4 is 27.1 Å². The number of hydrogen-bond acceptors (Lipinski definition) is 6. The molecule has 0 unspecified atom stereocenters. The van der Waals surface area contributed by atoms with E-state index in [1.807, 2.05) is 29.6 Å². The highest BCUT2D eigenvalue weighted by atomic mass is 32.2. The van der Waals surface area contributed by atoms with Crippen LogP contribution in [0.15, 0.2) is 83.1 Å². The first-order valence-electron chi connectivity index (χ1n) is 12.7. The first-order chi connectivity index (χ1) is 18.4. The zero-order valence-corrected chi connectivity index (χ0v) is 22.5. The second kappa shape index (κ2) is 11.5. The van der Waals surface area contributed by atoms with Gasteiger partial charge in [-0.25, -0.2) is 18.2 Å². The number of thiazole rings is 1. The van der Waals surface area contributed by atoms with Crippen LogP contribution in [0.2, 0.25) is 0 Å². The van der Waals surface area contributed by atoms with Gasteiger partial charge in [-0.15, -0.1) is 11.3 Å². The third-order valence-electron chi connectivity index (χ3n) is 6.94. The number of carboxylic acids is 1. The maximum absolute atomic E-state index is 12.8. The quantitative estimate of drug-likeness (QED) is 0.240. The van der Waals surface area contributed by atoms with Crippen molar-refractivity contribution < 1.29 is 23.1 Å². The summed E-state index contributed by atoms with van der Waals surface area (Å²) in [5.41, 5.74) is 4.19. The fourth-order valence-corrected chi connectivity index (χ4v) is 7.20. The molecule has 0 atom stereocenters. The number of ether oxygens (including phenoxy) is 1. The van der Waals surface area contributed by atoms with E-state index >= 15 is 0 Å². The van der Waals surface area contributed by atoms with Gasteiger partial charge in [-0.2, -0.15) is 0 Å². The summed E-state index contributed by atoms with van der Waals surface area (Å²) in [5, 5.41) is 11.3. The highest BCUT2D eigenvalue weighted by molar-refractivity contribution is 7.90. The second-order valence-electron chi connectivity index (χ2n) is 9.60. The normalized spacial score (nSPS) is 14.3. The Labute approximate surface area is 226 Å². The predicted molar refractivity (Wildman–Crippen MR) is 148 cm³/mol. The lowest BCUT2D eigenvalue weighted by Gasteiger charge is -2.22. The van der Waals surface area contributed by atoms with Gasteiger partial charge in [0.25, 0.3) is 0 Å². The third-order valence-corrected chi connectivity index (χ3v) is 9.61. The van der Waals surface area contributed by atoms with Gasteiger partial charge in [-0.1, -0.05) is 43.5 Å². The highest BCUT2D eigenvalue weighted by Crippen LogP contribution is 2.33. The van der Waals surface area contributed by atoms with Gasteiger partial charge >= 0.3 is 5.97 Å². The monoisotopic (exact) mass is 547 g/mol. The summed E-state index contributed by atoms with van der Waals surface area (Å²) < 4.78 is 31.5. The molecule has 1 aliphatic rings. The van der Waals surface area contributed by atoms with E-state index in [4.69, 9.17) is 9.84 Å². The molecular formula is C30H29NO5S2. The molecule has 1 N–H and O–H groups in total. The van der Waals surface area contributed by atoms with Crippen LogP contribution in [0.3, 0.4) is 0 Å². The molecule has 0 bridgehead atoms. The van der Waals surface area contributed by atoms with Crippen molar-refractivity contribution in [3.63, 3.8) is 0 Å². The molecular weight excluding hydrogens is 518 g/mol. The molecule has 8 heteroatoms. The minimum atomic E-state index is -3.64. The van der Waals surface area contributed by atoms with Gasteiger partial charge in [0.05, 0.1) is 16.2 Å². The van der Waals surface area contributed by atoms with Crippen molar-refractivity contribution in [1.82, 2.24) is 4.98 Å². The molecule has 4 aromatic rings. The van der Waals surface area contributed by atoms with E-state index in [0.29, 0.717) is 23.2 Å². The summed E-state index contributed by atoms with van der Waals surface area (Å²) >= 11 is 1.28. The number of benzene rings is 3. The maximum Gasteiger partial charge on any atom is 0.335 e. The summed E-state index contributed by atoms with van der Waals surface area (Å²) in [7, 11) is -3.64. The largest absolute Gasteiger partial charge is 0.489 e. The fraction of sp³-hybridized carbons (Fsp3) is 0.267. The molecule has 1 saturated carbocycles.